The third kappa shape index (κ3) is 6.94. The van der Waals surface area contributed by atoms with Gasteiger partial charge in [-0.05, 0) is 28.8 Å². The van der Waals surface area contributed by atoms with Gasteiger partial charge in [-0.25, -0.2) is 0 Å². The maximum atomic E-state index is 12.1. The van der Waals surface area contributed by atoms with Crippen molar-refractivity contribution in [2.24, 2.45) is 0 Å². The van der Waals surface area contributed by atoms with Gasteiger partial charge in [0, 0.05) is 12.3 Å². The molecular formula is C25H27NO3S. The van der Waals surface area contributed by atoms with Crippen LogP contribution in [0.5, 0.6) is 5.75 Å². The maximum absolute atomic E-state index is 12.1. The number of carbonyl (C=O) groups is 1. The summed E-state index contributed by atoms with van der Waals surface area (Å²) < 4.78 is 11.4. The van der Waals surface area contributed by atoms with Crippen LogP contribution in [0.1, 0.15) is 22.8 Å². The fraction of sp³-hybridized carbons (Fsp3) is 0.240. The summed E-state index contributed by atoms with van der Waals surface area (Å²) in [5.74, 6) is 1.97. The summed E-state index contributed by atoms with van der Waals surface area (Å²) in [4.78, 5) is 12.1. The second-order valence-electron chi connectivity index (χ2n) is 6.75. The Morgan fingerprint density at radius 1 is 0.933 bits per heavy atom. The number of methoxy groups -OCH3 is 1. The molecule has 0 fully saturated rings. The van der Waals surface area contributed by atoms with E-state index in [2.05, 4.69) is 29.6 Å². The second-order valence-corrected chi connectivity index (χ2v) is 7.86. The molecule has 0 bridgehead atoms. The van der Waals surface area contributed by atoms with E-state index in [1.165, 1.54) is 0 Å². The Hall–Kier alpha value is -2.76. The van der Waals surface area contributed by atoms with E-state index in [-0.39, 0.29) is 12.0 Å². The van der Waals surface area contributed by atoms with Crippen molar-refractivity contribution < 1.29 is 14.3 Å². The van der Waals surface area contributed by atoms with Gasteiger partial charge < -0.3 is 14.8 Å². The van der Waals surface area contributed by atoms with E-state index >= 15 is 0 Å². The van der Waals surface area contributed by atoms with Gasteiger partial charge in [-0.3, -0.25) is 4.79 Å². The highest BCUT2D eigenvalue weighted by Crippen LogP contribution is 2.25. The molecule has 0 heterocycles. The van der Waals surface area contributed by atoms with Crippen molar-refractivity contribution in [2.45, 2.75) is 12.6 Å². The zero-order valence-electron chi connectivity index (χ0n) is 17.1. The van der Waals surface area contributed by atoms with Crippen molar-refractivity contribution in [3.05, 3.63) is 102 Å². The third-order valence-corrected chi connectivity index (χ3v) is 5.50. The largest absolute Gasteiger partial charge is 0.497 e. The Bertz CT molecular complexity index is 863. The van der Waals surface area contributed by atoms with Crippen molar-refractivity contribution in [3.8, 4) is 5.75 Å². The van der Waals surface area contributed by atoms with Crippen LogP contribution in [0.4, 0.5) is 0 Å². The summed E-state index contributed by atoms with van der Waals surface area (Å²) >= 11 is 1.57. The van der Waals surface area contributed by atoms with Crippen molar-refractivity contribution in [3.63, 3.8) is 0 Å². The summed E-state index contributed by atoms with van der Waals surface area (Å²) in [6, 6.07) is 28.1. The molecule has 0 unspecified atom stereocenters. The Morgan fingerprint density at radius 3 is 2.23 bits per heavy atom. The third-order valence-electron chi connectivity index (χ3n) is 4.57. The van der Waals surface area contributed by atoms with Crippen LogP contribution in [0, 0.1) is 0 Å². The number of amides is 1. The minimum atomic E-state index is -0.102. The summed E-state index contributed by atoms with van der Waals surface area (Å²) in [6.45, 7) is 1.07. The van der Waals surface area contributed by atoms with Crippen LogP contribution >= 0.6 is 11.8 Å². The van der Waals surface area contributed by atoms with Crippen LogP contribution in [-0.2, 0) is 16.1 Å². The van der Waals surface area contributed by atoms with Gasteiger partial charge in [0.05, 0.1) is 19.5 Å². The van der Waals surface area contributed by atoms with Crippen LogP contribution in [0.2, 0.25) is 0 Å². The molecule has 3 rings (SSSR count). The first-order valence-electron chi connectivity index (χ1n) is 9.95. The van der Waals surface area contributed by atoms with Crippen LogP contribution < -0.4 is 10.1 Å². The highest BCUT2D eigenvalue weighted by Gasteiger charge is 2.14. The van der Waals surface area contributed by atoms with E-state index in [0.29, 0.717) is 18.9 Å². The molecular weight excluding hydrogens is 394 g/mol. The zero-order chi connectivity index (χ0) is 21.0. The van der Waals surface area contributed by atoms with E-state index in [4.69, 9.17) is 9.47 Å². The first-order chi connectivity index (χ1) is 14.8. The number of thioether (sulfide) groups is 1. The minimum absolute atomic E-state index is 0.0190. The predicted molar refractivity (Wildman–Crippen MR) is 123 cm³/mol. The zero-order valence-corrected chi connectivity index (χ0v) is 17.9. The highest BCUT2D eigenvalue weighted by molar-refractivity contribution is 7.99. The van der Waals surface area contributed by atoms with Crippen molar-refractivity contribution >= 4 is 17.7 Å². The van der Waals surface area contributed by atoms with E-state index < -0.39 is 0 Å². The Balaban J connectivity index is 1.41. The van der Waals surface area contributed by atoms with Gasteiger partial charge >= 0.3 is 0 Å². The van der Waals surface area contributed by atoms with Crippen molar-refractivity contribution in [1.29, 1.82) is 0 Å². The molecule has 3 aromatic carbocycles. The lowest BCUT2D eigenvalue weighted by atomic mass is 10.0. The fourth-order valence-electron chi connectivity index (χ4n) is 3.06. The highest BCUT2D eigenvalue weighted by atomic mass is 32.2. The Labute approximate surface area is 182 Å². The molecule has 0 spiro atoms. The lowest BCUT2D eigenvalue weighted by Crippen LogP contribution is -2.25. The average Bonchev–Trinajstić information content (AvgIpc) is 2.81. The number of benzene rings is 3. The predicted octanol–water partition coefficient (Wildman–Crippen LogP) is 4.85. The molecule has 0 aliphatic carbocycles. The van der Waals surface area contributed by atoms with Gasteiger partial charge in [-0.2, -0.15) is 0 Å². The van der Waals surface area contributed by atoms with Gasteiger partial charge in [0.1, 0.15) is 11.9 Å². The van der Waals surface area contributed by atoms with Crippen molar-refractivity contribution in [2.75, 3.05) is 25.2 Å². The average molecular weight is 422 g/mol. The van der Waals surface area contributed by atoms with Gasteiger partial charge in [0.25, 0.3) is 0 Å². The smallest absolute Gasteiger partial charge is 0.230 e. The number of carbonyl (C=O) groups excluding carboxylic acids is 1. The molecule has 0 saturated carbocycles. The standard InChI is InChI=1S/C25H27NO3S/c1-28-23-14-8-9-20(17-23)18-26-24(27)19-30-16-15-29-25(21-10-4-2-5-11-21)22-12-6-3-7-13-22/h2-14,17,25H,15-16,18-19H2,1H3,(H,26,27). The van der Waals surface area contributed by atoms with Gasteiger partial charge in [-0.15, -0.1) is 11.8 Å². The van der Waals surface area contributed by atoms with E-state index in [9.17, 15) is 4.79 Å². The molecule has 0 saturated heterocycles. The van der Waals surface area contributed by atoms with Gasteiger partial charge in [-0.1, -0.05) is 72.8 Å². The molecule has 30 heavy (non-hydrogen) atoms. The maximum Gasteiger partial charge on any atom is 0.230 e. The van der Waals surface area contributed by atoms with E-state index in [1.807, 2.05) is 60.7 Å². The first-order valence-corrected chi connectivity index (χ1v) is 11.1. The summed E-state index contributed by atoms with van der Waals surface area (Å²) in [6.07, 6.45) is -0.102. The van der Waals surface area contributed by atoms with Crippen LogP contribution in [0.25, 0.3) is 0 Å². The quantitative estimate of drug-likeness (QED) is 0.450. The van der Waals surface area contributed by atoms with Crippen LogP contribution in [0.15, 0.2) is 84.9 Å². The molecule has 0 aliphatic heterocycles. The first kappa shape index (κ1) is 21.9. The number of hydrogen-bond acceptors (Lipinski definition) is 4. The fourth-order valence-corrected chi connectivity index (χ4v) is 3.71. The number of hydrogen-bond donors (Lipinski definition) is 1. The number of ether oxygens (including phenoxy) is 2. The van der Waals surface area contributed by atoms with Crippen molar-refractivity contribution in [1.82, 2.24) is 5.32 Å². The molecule has 0 radical (unpaired) electrons. The monoisotopic (exact) mass is 421 g/mol. The summed E-state index contributed by atoms with van der Waals surface area (Å²) in [7, 11) is 1.64. The molecule has 4 nitrogen and oxygen atoms in total. The van der Waals surface area contributed by atoms with Crippen LogP contribution in [-0.4, -0.2) is 31.1 Å². The normalized spacial score (nSPS) is 10.7. The molecule has 1 N–H and O–H groups in total. The number of nitrogens with one attached hydrogen (secondary N) is 1. The molecule has 3 aromatic rings. The van der Waals surface area contributed by atoms with Crippen LogP contribution in [0.3, 0.4) is 0 Å². The molecule has 156 valence electrons. The Morgan fingerprint density at radius 2 is 1.60 bits per heavy atom. The molecule has 5 heteroatoms. The van der Waals surface area contributed by atoms with E-state index in [1.54, 1.807) is 18.9 Å². The van der Waals surface area contributed by atoms with Gasteiger partial charge in [0.2, 0.25) is 5.91 Å². The molecule has 0 atom stereocenters. The Kier molecular flexibility index (Phi) is 8.81. The topological polar surface area (TPSA) is 47.6 Å². The lowest BCUT2D eigenvalue weighted by Gasteiger charge is -2.19. The second kappa shape index (κ2) is 12.1. The summed E-state index contributed by atoms with van der Waals surface area (Å²) in [5, 5.41) is 2.95. The molecule has 0 aliphatic rings. The summed E-state index contributed by atoms with van der Waals surface area (Å²) in [5.41, 5.74) is 3.28. The van der Waals surface area contributed by atoms with E-state index in [0.717, 1.165) is 28.2 Å². The number of rotatable bonds is 11. The molecule has 1 amide bonds. The SMILES string of the molecule is COc1cccc(CNC(=O)CSCCOC(c2ccccc2)c2ccccc2)c1. The lowest BCUT2D eigenvalue weighted by molar-refractivity contribution is -0.118. The minimum Gasteiger partial charge on any atom is -0.497 e. The van der Waals surface area contributed by atoms with Gasteiger partial charge in [0.15, 0.2) is 0 Å². The molecule has 0 aromatic heterocycles.